The summed E-state index contributed by atoms with van der Waals surface area (Å²) in [5.41, 5.74) is 2.34. The van der Waals surface area contributed by atoms with Gasteiger partial charge in [-0.1, -0.05) is 18.2 Å². The molecule has 0 saturated heterocycles. The molecule has 5 heteroatoms. The predicted octanol–water partition coefficient (Wildman–Crippen LogP) is 3.26. The van der Waals surface area contributed by atoms with Crippen LogP contribution in [0, 0.1) is 0 Å². The Morgan fingerprint density at radius 3 is 3.00 bits per heavy atom. The first kappa shape index (κ1) is 9.81. The van der Waals surface area contributed by atoms with Crippen molar-refractivity contribution in [2.45, 2.75) is 6.42 Å². The summed E-state index contributed by atoms with van der Waals surface area (Å²) in [6.45, 7) is 0. The molecule has 0 fully saturated rings. The van der Waals surface area contributed by atoms with Gasteiger partial charge in [-0.25, -0.2) is 4.98 Å². The number of rotatable bonds is 2. The molecule has 2 aromatic heterocycles. The Balaban J connectivity index is 2.00. The molecule has 1 aromatic carbocycles. The minimum Gasteiger partial charge on any atom is -0.361 e. The van der Waals surface area contributed by atoms with Crippen LogP contribution in [0.5, 0.6) is 0 Å². The number of aromatic nitrogens is 3. The van der Waals surface area contributed by atoms with E-state index in [-0.39, 0.29) is 0 Å². The molecule has 0 unspecified atom stereocenters. The van der Waals surface area contributed by atoms with Crippen LogP contribution in [0.2, 0.25) is 4.47 Å². The van der Waals surface area contributed by atoms with Crippen molar-refractivity contribution in [1.82, 2.24) is 14.3 Å². The van der Waals surface area contributed by atoms with Gasteiger partial charge in [-0.3, -0.25) is 0 Å². The number of H-pyrrole nitrogens is 1. The van der Waals surface area contributed by atoms with Gasteiger partial charge in [0.25, 0.3) is 0 Å². The van der Waals surface area contributed by atoms with E-state index in [2.05, 4.69) is 26.5 Å². The molecule has 0 spiro atoms. The lowest BCUT2D eigenvalue weighted by Gasteiger charge is -1.94. The van der Waals surface area contributed by atoms with Gasteiger partial charge in [-0.05, 0) is 34.8 Å². The zero-order chi connectivity index (χ0) is 11.0. The first-order valence-corrected chi connectivity index (χ1v) is 6.01. The normalized spacial score (nSPS) is 11.1. The highest BCUT2D eigenvalue weighted by Crippen LogP contribution is 2.21. The van der Waals surface area contributed by atoms with Gasteiger partial charge in [0.05, 0.1) is 0 Å². The number of hydrogen-bond acceptors (Lipinski definition) is 3. The molecule has 0 radical (unpaired) electrons. The van der Waals surface area contributed by atoms with Crippen LogP contribution in [0.25, 0.3) is 10.9 Å². The monoisotopic (exact) mass is 249 g/mol. The molecule has 80 valence electrons. The zero-order valence-corrected chi connectivity index (χ0v) is 9.85. The minimum atomic E-state index is 0.495. The van der Waals surface area contributed by atoms with Crippen molar-refractivity contribution >= 4 is 34.0 Å². The lowest BCUT2D eigenvalue weighted by Crippen LogP contribution is -1.88. The van der Waals surface area contributed by atoms with E-state index in [1.54, 1.807) is 0 Å². The van der Waals surface area contributed by atoms with Crippen LogP contribution >= 0.6 is 23.1 Å². The molecule has 0 aliphatic heterocycles. The molecule has 0 aliphatic carbocycles. The molecule has 3 aromatic rings. The largest absolute Gasteiger partial charge is 0.361 e. The second kappa shape index (κ2) is 3.88. The van der Waals surface area contributed by atoms with E-state index >= 15 is 0 Å². The van der Waals surface area contributed by atoms with Crippen molar-refractivity contribution in [2.24, 2.45) is 0 Å². The van der Waals surface area contributed by atoms with Crippen LogP contribution < -0.4 is 0 Å². The third-order valence-corrected chi connectivity index (χ3v) is 3.30. The number of fused-ring (bicyclic) bond motifs is 1. The molecule has 0 amide bonds. The first-order valence-electron chi connectivity index (χ1n) is 4.86. The van der Waals surface area contributed by atoms with Crippen LogP contribution in [-0.2, 0) is 6.42 Å². The van der Waals surface area contributed by atoms with Crippen LogP contribution in [0.1, 0.15) is 11.4 Å². The average Bonchev–Trinajstić information content (AvgIpc) is 2.87. The number of nitrogens with one attached hydrogen (secondary N) is 1. The van der Waals surface area contributed by atoms with Gasteiger partial charge >= 0.3 is 0 Å². The summed E-state index contributed by atoms with van der Waals surface area (Å²) in [6, 6.07) is 8.19. The molecule has 0 aliphatic rings. The summed E-state index contributed by atoms with van der Waals surface area (Å²) in [4.78, 5) is 7.38. The van der Waals surface area contributed by atoms with Crippen molar-refractivity contribution in [3.8, 4) is 0 Å². The van der Waals surface area contributed by atoms with E-state index in [1.807, 2.05) is 18.3 Å². The second-order valence-electron chi connectivity index (χ2n) is 3.50. The molecule has 3 rings (SSSR count). The lowest BCUT2D eigenvalue weighted by atomic mass is 10.1. The van der Waals surface area contributed by atoms with Crippen molar-refractivity contribution in [1.29, 1.82) is 0 Å². The zero-order valence-electron chi connectivity index (χ0n) is 8.27. The SMILES string of the molecule is Clc1nc(Cc2c[nH]c3ccccc23)ns1. The van der Waals surface area contributed by atoms with Crippen LogP contribution in [0.15, 0.2) is 30.5 Å². The highest BCUT2D eigenvalue weighted by Gasteiger charge is 2.07. The molecule has 2 heterocycles. The number of nitrogens with zero attached hydrogens (tertiary/aromatic N) is 2. The van der Waals surface area contributed by atoms with E-state index in [0.717, 1.165) is 11.3 Å². The molecule has 16 heavy (non-hydrogen) atoms. The summed E-state index contributed by atoms with van der Waals surface area (Å²) >= 11 is 6.98. The van der Waals surface area contributed by atoms with E-state index in [4.69, 9.17) is 11.6 Å². The first-order chi connectivity index (χ1) is 7.83. The molecule has 0 atom stereocenters. The Bertz CT molecular complexity index is 629. The number of benzene rings is 1. The summed E-state index contributed by atoms with van der Waals surface area (Å²) < 4.78 is 4.68. The average molecular weight is 250 g/mol. The Morgan fingerprint density at radius 2 is 2.19 bits per heavy atom. The molecule has 0 saturated carbocycles. The maximum atomic E-state index is 5.76. The summed E-state index contributed by atoms with van der Waals surface area (Å²) in [7, 11) is 0. The fourth-order valence-corrected chi connectivity index (χ4v) is 2.39. The molecule has 0 bridgehead atoms. The summed E-state index contributed by atoms with van der Waals surface area (Å²) in [6.07, 6.45) is 2.72. The summed E-state index contributed by atoms with van der Waals surface area (Å²) in [5.74, 6) is 0.778. The second-order valence-corrected chi connectivity index (χ2v) is 4.83. The number of para-hydroxylation sites is 1. The van der Waals surface area contributed by atoms with Crippen LogP contribution in [0.4, 0.5) is 0 Å². The van der Waals surface area contributed by atoms with E-state index in [9.17, 15) is 0 Å². The molecule has 1 N–H and O–H groups in total. The maximum absolute atomic E-state index is 5.76. The fourth-order valence-electron chi connectivity index (χ4n) is 1.75. The molecular weight excluding hydrogens is 242 g/mol. The molecular formula is C11H8ClN3S. The number of aromatic amines is 1. The maximum Gasteiger partial charge on any atom is 0.203 e. The van der Waals surface area contributed by atoms with Crippen molar-refractivity contribution in [2.75, 3.05) is 0 Å². The molecule has 3 nitrogen and oxygen atoms in total. The van der Waals surface area contributed by atoms with E-state index in [1.165, 1.54) is 22.5 Å². The number of hydrogen-bond donors (Lipinski definition) is 1. The van der Waals surface area contributed by atoms with E-state index in [0.29, 0.717) is 10.9 Å². The van der Waals surface area contributed by atoms with Gasteiger partial charge in [0, 0.05) is 23.5 Å². The fraction of sp³-hybridized carbons (Fsp3) is 0.0909. The number of halogens is 1. The highest BCUT2D eigenvalue weighted by molar-refractivity contribution is 7.10. The van der Waals surface area contributed by atoms with Crippen LogP contribution in [-0.4, -0.2) is 14.3 Å². The minimum absolute atomic E-state index is 0.495. The quantitative estimate of drug-likeness (QED) is 0.757. The van der Waals surface area contributed by atoms with Gasteiger partial charge in [0.1, 0.15) is 5.82 Å². The standard InChI is InChI=1S/C11H8ClN3S/c12-11-14-10(15-16-11)5-7-6-13-9-4-2-1-3-8(7)9/h1-4,6,13H,5H2. The van der Waals surface area contributed by atoms with Gasteiger partial charge in [0.2, 0.25) is 4.47 Å². The van der Waals surface area contributed by atoms with E-state index < -0.39 is 0 Å². The highest BCUT2D eigenvalue weighted by atomic mass is 35.5. The Kier molecular flexibility index (Phi) is 2.38. The third-order valence-electron chi connectivity index (χ3n) is 2.47. The van der Waals surface area contributed by atoms with Crippen molar-refractivity contribution < 1.29 is 0 Å². The predicted molar refractivity (Wildman–Crippen MR) is 66.0 cm³/mol. The Morgan fingerprint density at radius 1 is 1.31 bits per heavy atom. The topological polar surface area (TPSA) is 41.6 Å². The smallest absolute Gasteiger partial charge is 0.203 e. The van der Waals surface area contributed by atoms with Crippen LogP contribution in [0.3, 0.4) is 0 Å². The Hall–Kier alpha value is -1.39. The Labute approximate surface area is 101 Å². The van der Waals surface area contributed by atoms with Crippen molar-refractivity contribution in [3.63, 3.8) is 0 Å². The van der Waals surface area contributed by atoms with Gasteiger partial charge in [-0.15, -0.1) is 0 Å². The third kappa shape index (κ3) is 1.70. The van der Waals surface area contributed by atoms with Gasteiger partial charge in [0.15, 0.2) is 0 Å². The summed E-state index contributed by atoms with van der Waals surface area (Å²) in [5, 5.41) is 1.22. The lowest BCUT2D eigenvalue weighted by molar-refractivity contribution is 1.04. The van der Waals surface area contributed by atoms with Crippen molar-refractivity contribution in [3.05, 3.63) is 46.3 Å². The van der Waals surface area contributed by atoms with Gasteiger partial charge < -0.3 is 4.98 Å². The van der Waals surface area contributed by atoms with Gasteiger partial charge in [-0.2, -0.15) is 4.37 Å².